The number of hydrogen-bond acceptors (Lipinski definition) is 3. The SMILES string of the molecule is CCCCC(CC)COC(=O)C1(C)CCCCN1. The molecule has 0 aromatic heterocycles. The summed E-state index contributed by atoms with van der Waals surface area (Å²) in [7, 11) is 0. The summed E-state index contributed by atoms with van der Waals surface area (Å²) in [5.74, 6) is 0.471. The fourth-order valence-electron chi connectivity index (χ4n) is 2.48. The van der Waals surface area contributed by atoms with Crippen LogP contribution in [0.15, 0.2) is 0 Å². The van der Waals surface area contributed by atoms with Gasteiger partial charge >= 0.3 is 5.97 Å². The smallest absolute Gasteiger partial charge is 0.326 e. The number of nitrogens with one attached hydrogen (secondary N) is 1. The van der Waals surface area contributed by atoms with Crippen molar-refractivity contribution in [1.82, 2.24) is 5.32 Å². The maximum atomic E-state index is 12.1. The molecule has 0 aliphatic carbocycles. The van der Waals surface area contributed by atoms with Crippen LogP contribution in [-0.4, -0.2) is 24.7 Å². The highest BCUT2D eigenvalue weighted by Crippen LogP contribution is 2.21. The summed E-state index contributed by atoms with van der Waals surface area (Å²) in [6, 6.07) is 0. The van der Waals surface area contributed by atoms with E-state index in [4.69, 9.17) is 4.74 Å². The van der Waals surface area contributed by atoms with Crippen molar-refractivity contribution in [3.63, 3.8) is 0 Å². The zero-order chi connectivity index (χ0) is 13.4. The van der Waals surface area contributed by atoms with Crippen molar-refractivity contribution in [3.8, 4) is 0 Å². The number of ether oxygens (including phenoxy) is 1. The first-order valence-corrected chi connectivity index (χ1v) is 7.54. The van der Waals surface area contributed by atoms with Crippen LogP contribution in [0.5, 0.6) is 0 Å². The quantitative estimate of drug-likeness (QED) is 0.709. The van der Waals surface area contributed by atoms with Gasteiger partial charge in [0.2, 0.25) is 0 Å². The molecule has 0 spiro atoms. The van der Waals surface area contributed by atoms with Crippen LogP contribution in [0.1, 0.15) is 65.7 Å². The second kappa shape index (κ2) is 7.78. The Hall–Kier alpha value is -0.570. The molecule has 1 fully saturated rings. The molecule has 0 saturated carbocycles. The van der Waals surface area contributed by atoms with Crippen LogP contribution in [0.3, 0.4) is 0 Å². The van der Waals surface area contributed by atoms with Gasteiger partial charge in [-0.1, -0.05) is 33.1 Å². The Morgan fingerprint density at radius 1 is 1.39 bits per heavy atom. The number of esters is 1. The highest BCUT2D eigenvalue weighted by Gasteiger charge is 2.35. The molecule has 0 radical (unpaired) electrons. The summed E-state index contributed by atoms with van der Waals surface area (Å²) in [4.78, 5) is 12.1. The molecule has 1 aliphatic rings. The van der Waals surface area contributed by atoms with E-state index in [1.807, 2.05) is 6.92 Å². The van der Waals surface area contributed by atoms with Gasteiger partial charge in [0.15, 0.2) is 0 Å². The van der Waals surface area contributed by atoms with E-state index < -0.39 is 5.54 Å². The minimum absolute atomic E-state index is 0.0582. The van der Waals surface area contributed by atoms with Gasteiger partial charge in [-0.15, -0.1) is 0 Å². The van der Waals surface area contributed by atoms with Gasteiger partial charge in [-0.25, -0.2) is 0 Å². The maximum Gasteiger partial charge on any atom is 0.326 e. The van der Waals surface area contributed by atoms with E-state index in [9.17, 15) is 4.79 Å². The molecule has 1 saturated heterocycles. The van der Waals surface area contributed by atoms with Crippen LogP contribution in [0.4, 0.5) is 0 Å². The zero-order valence-electron chi connectivity index (χ0n) is 12.3. The Kier molecular flexibility index (Phi) is 6.69. The van der Waals surface area contributed by atoms with Gasteiger partial charge in [0.05, 0.1) is 6.61 Å². The van der Waals surface area contributed by atoms with Crippen molar-refractivity contribution < 1.29 is 9.53 Å². The van der Waals surface area contributed by atoms with Gasteiger partial charge in [-0.2, -0.15) is 0 Å². The molecular weight excluding hydrogens is 226 g/mol. The number of hydrogen-bond donors (Lipinski definition) is 1. The van der Waals surface area contributed by atoms with Crippen LogP contribution >= 0.6 is 0 Å². The van der Waals surface area contributed by atoms with Gasteiger partial charge in [0.25, 0.3) is 0 Å². The number of carbonyl (C=O) groups is 1. The first-order chi connectivity index (χ1) is 8.62. The molecule has 0 amide bonds. The summed E-state index contributed by atoms with van der Waals surface area (Å²) in [6.07, 6.45) is 7.89. The molecule has 3 heteroatoms. The van der Waals surface area contributed by atoms with E-state index in [0.717, 1.165) is 32.2 Å². The monoisotopic (exact) mass is 255 g/mol. The lowest BCUT2D eigenvalue weighted by Crippen LogP contribution is -2.53. The number of unbranched alkanes of at least 4 members (excludes halogenated alkanes) is 1. The first kappa shape index (κ1) is 15.5. The van der Waals surface area contributed by atoms with Gasteiger partial charge in [0.1, 0.15) is 5.54 Å². The molecular formula is C15H29NO2. The van der Waals surface area contributed by atoms with Crippen LogP contribution < -0.4 is 5.32 Å². The summed E-state index contributed by atoms with van der Waals surface area (Å²) in [5.41, 5.74) is -0.443. The zero-order valence-corrected chi connectivity index (χ0v) is 12.3. The molecule has 1 N–H and O–H groups in total. The topological polar surface area (TPSA) is 38.3 Å². The first-order valence-electron chi connectivity index (χ1n) is 7.54. The van der Waals surface area contributed by atoms with Gasteiger partial charge in [-0.05, 0) is 45.1 Å². The van der Waals surface area contributed by atoms with Gasteiger partial charge < -0.3 is 10.1 Å². The van der Waals surface area contributed by atoms with Crippen LogP contribution in [0.25, 0.3) is 0 Å². The average molecular weight is 255 g/mol. The second-order valence-electron chi connectivity index (χ2n) is 5.73. The van der Waals surface area contributed by atoms with Crippen molar-refractivity contribution >= 4 is 5.97 Å². The lowest BCUT2D eigenvalue weighted by atomic mass is 9.91. The van der Waals surface area contributed by atoms with Crippen molar-refractivity contribution in [1.29, 1.82) is 0 Å². The molecule has 1 aliphatic heterocycles. The van der Waals surface area contributed by atoms with Crippen LogP contribution in [-0.2, 0) is 9.53 Å². The summed E-state index contributed by atoms with van der Waals surface area (Å²) < 4.78 is 5.53. The van der Waals surface area contributed by atoms with Crippen molar-refractivity contribution in [3.05, 3.63) is 0 Å². The third-order valence-electron chi connectivity index (χ3n) is 4.06. The Bertz CT molecular complexity index is 247. The average Bonchev–Trinajstić information content (AvgIpc) is 2.39. The molecule has 0 bridgehead atoms. The molecule has 3 nitrogen and oxygen atoms in total. The minimum Gasteiger partial charge on any atom is -0.464 e. The van der Waals surface area contributed by atoms with E-state index in [0.29, 0.717) is 12.5 Å². The number of carbonyl (C=O) groups excluding carboxylic acids is 1. The molecule has 18 heavy (non-hydrogen) atoms. The fraction of sp³-hybridized carbons (Fsp3) is 0.933. The molecule has 0 aromatic rings. The highest BCUT2D eigenvalue weighted by atomic mass is 16.5. The minimum atomic E-state index is -0.443. The van der Waals surface area contributed by atoms with Crippen molar-refractivity contribution in [2.75, 3.05) is 13.2 Å². The maximum absolute atomic E-state index is 12.1. The highest BCUT2D eigenvalue weighted by molar-refractivity contribution is 5.80. The summed E-state index contributed by atoms with van der Waals surface area (Å²) in [6.45, 7) is 7.87. The summed E-state index contributed by atoms with van der Waals surface area (Å²) >= 11 is 0. The standard InChI is InChI=1S/C15H29NO2/c1-4-6-9-13(5-2)12-18-14(17)15(3)10-7-8-11-16-15/h13,16H,4-12H2,1-3H3. The Labute approximate surface area is 112 Å². The second-order valence-corrected chi connectivity index (χ2v) is 5.73. The van der Waals surface area contributed by atoms with E-state index >= 15 is 0 Å². The van der Waals surface area contributed by atoms with E-state index in [2.05, 4.69) is 19.2 Å². The molecule has 0 aromatic carbocycles. The van der Waals surface area contributed by atoms with Crippen LogP contribution in [0.2, 0.25) is 0 Å². The van der Waals surface area contributed by atoms with E-state index in [1.54, 1.807) is 0 Å². The molecule has 1 rings (SSSR count). The van der Waals surface area contributed by atoms with Gasteiger partial charge in [-0.3, -0.25) is 4.79 Å². The number of rotatable bonds is 7. The number of piperidine rings is 1. The molecule has 2 atom stereocenters. The Morgan fingerprint density at radius 3 is 2.72 bits per heavy atom. The normalized spacial score (nSPS) is 25.7. The van der Waals surface area contributed by atoms with E-state index in [1.165, 1.54) is 19.3 Å². The molecule has 2 unspecified atom stereocenters. The largest absolute Gasteiger partial charge is 0.464 e. The van der Waals surface area contributed by atoms with Crippen molar-refractivity contribution in [2.24, 2.45) is 5.92 Å². The molecule has 1 heterocycles. The van der Waals surface area contributed by atoms with E-state index in [-0.39, 0.29) is 5.97 Å². The Morgan fingerprint density at radius 2 is 2.17 bits per heavy atom. The third-order valence-corrected chi connectivity index (χ3v) is 4.06. The van der Waals surface area contributed by atoms with Crippen LogP contribution in [0, 0.1) is 5.92 Å². The lowest BCUT2D eigenvalue weighted by Gasteiger charge is -2.33. The predicted octanol–water partition coefficient (Wildman–Crippen LogP) is 3.28. The Balaban J connectivity index is 2.34. The predicted molar refractivity (Wildman–Crippen MR) is 74.5 cm³/mol. The fourth-order valence-corrected chi connectivity index (χ4v) is 2.48. The summed E-state index contributed by atoms with van der Waals surface area (Å²) in [5, 5.41) is 3.31. The van der Waals surface area contributed by atoms with Gasteiger partial charge in [0, 0.05) is 0 Å². The molecule has 106 valence electrons. The van der Waals surface area contributed by atoms with Crippen molar-refractivity contribution in [2.45, 2.75) is 71.3 Å². The third kappa shape index (κ3) is 4.60. The lowest BCUT2D eigenvalue weighted by molar-refractivity contribution is -0.153.